The van der Waals surface area contributed by atoms with Crippen LogP contribution in [0, 0.1) is 0 Å². The third kappa shape index (κ3) is 6.52. The van der Waals surface area contributed by atoms with Crippen LogP contribution in [-0.4, -0.2) is 45.8 Å². The minimum Gasteiger partial charge on any atom is -0.494 e. The molecule has 0 aliphatic heterocycles. The summed E-state index contributed by atoms with van der Waals surface area (Å²) in [6.45, 7) is 7.79. The van der Waals surface area contributed by atoms with Gasteiger partial charge in [0.05, 0.1) is 12.3 Å². The fraction of sp³-hybridized carbons (Fsp3) is 0.458. The summed E-state index contributed by atoms with van der Waals surface area (Å²) in [4.78, 5) is 15.7. The van der Waals surface area contributed by atoms with Gasteiger partial charge in [-0.25, -0.2) is 9.97 Å². The van der Waals surface area contributed by atoms with Crippen LogP contribution in [0.1, 0.15) is 50.8 Å². The van der Waals surface area contributed by atoms with Crippen molar-refractivity contribution in [3.8, 4) is 11.7 Å². The van der Waals surface area contributed by atoms with Gasteiger partial charge in [-0.1, -0.05) is 26.0 Å². The molecule has 1 atom stereocenters. The lowest BCUT2D eigenvalue weighted by atomic mass is 10.0. The van der Waals surface area contributed by atoms with Gasteiger partial charge in [0.2, 0.25) is 5.95 Å². The predicted molar refractivity (Wildman–Crippen MR) is 125 cm³/mol. The molecule has 0 bridgehead atoms. The summed E-state index contributed by atoms with van der Waals surface area (Å²) >= 11 is 0. The molecule has 0 radical (unpaired) electrons. The molecule has 0 saturated carbocycles. The van der Waals surface area contributed by atoms with Gasteiger partial charge in [-0.15, -0.1) is 0 Å². The van der Waals surface area contributed by atoms with E-state index >= 15 is 0 Å². The van der Waals surface area contributed by atoms with E-state index in [-0.39, 0.29) is 6.04 Å². The van der Waals surface area contributed by atoms with Crippen molar-refractivity contribution in [2.75, 3.05) is 25.1 Å². The zero-order valence-corrected chi connectivity index (χ0v) is 19.0. The van der Waals surface area contributed by atoms with E-state index < -0.39 is 0 Å². The maximum atomic E-state index is 6.43. The Balaban J connectivity index is 1.58. The summed E-state index contributed by atoms with van der Waals surface area (Å²) in [6.07, 6.45) is 8.09. The van der Waals surface area contributed by atoms with Crippen molar-refractivity contribution in [3.05, 3.63) is 60.3 Å². The summed E-state index contributed by atoms with van der Waals surface area (Å²) < 4.78 is 7.43. The second kappa shape index (κ2) is 10.9. The van der Waals surface area contributed by atoms with Crippen molar-refractivity contribution in [1.82, 2.24) is 19.5 Å². The lowest BCUT2D eigenvalue weighted by molar-refractivity contribution is 0.340. The van der Waals surface area contributed by atoms with Crippen LogP contribution < -0.4 is 15.4 Å². The van der Waals surface area contributed by atoms with Crippen molar-refractivity contribution in [1.29, 1.82) is 0 Å². The van der Waals surface area contributed by atoms with Crippen LogP contribution >= 0.6 is 0 Å². The SMILES string of the molecule is CCOc1cccc(CCC(N)CCN(C)c2cc(C(C)C)nc(-n3ccnc3)n2)c1. The Kier molecular flexibility index (Phi) is 8.00. The second-order valence-electron chi connectivity index (χ2n) is 8.17. The quantitative estimate of drug-likeness (QED) is 0.503. The standard InChI is InChI=1S/C24H34N6O/c1-5-31-21-8-6-7-19(15-21)9-10-20(25)11-13-29(4)23-16-22(18(2)3)27-24(28-23)30-14-12-26-17-30/h6-8,12,14-18,20H,5,9-11,13,25H2,1-4H3. The lowest BCUT2D eigenvalue weighted by Gasteiger charge is -2.22. The number of aryl methyl sites for hydroxylation is 1. The van der Waals surface area contributed by atoms with Crippen LogP contribution in [0.3, 0.4) is 0 Å². The Morgan fingerprint density at radius 1 is 1.16 bits per heavy atom. The number of ether oxygens (including phenoxy) is 1. The topological polar surface area (TPSA) is 82.1 Å². The number of imidazole rings is 1. The Hall–Kier alpha value is -2.93. The van der Waals surface area contributed by atoms with Gasteiger partial charge < -0.3 is 15.4 Å². The van der Waals surface area contributed by atoms with Crippen molar-refractivity contribution in [2.45, 2.75) is 52.0 Å². The fourth-order valence-corrected chi connectivity index (χ4v) is 3.35. The molecule has 31 heavy (non-hydrogen) atoms. The summed E-state index contributed by atoms with van der Waals surface area (Å²) in [5, 5.41) is 0. The van der Waals surface area contributed by atoms with Gasteiger partial charge in [0, 0.05) is 38.1 Å². The van der Waals surface area contributed by atoms with E-state index in [1.54, 1.807) is 12.5 Å². The molecule has 0 amide bonds. The van der Waals surface area contributed by atoms with Crippen LogP contribution in [0.4, 0.5) is 5.82 Å². The molecule has 0 aliphatic carbocycles. The van der Waals surface area contributed by atoms with Crippen molar-refractivity contribution in [3.63, 3.8) is 0 Å². The average Bonchev–Trinajstić information content (AvgIpc) is 3.31. The van der Waals surface area contributed by atoms with E-state index in [9.17, 15) is 0 Å². The first-order valence-corrected chi connectivity index (χ1v) is 11.0. The molecule has 2 N–H and O–H groups in total. The van der Waals surface area contributed by atoms with Crippen LogP contribution in [0.2, 0.25) is 0 Å². The largest absolute Gasteiger partial charge is 0.494 e. The highest BCUT2D eigenvalue weighted by Gasteiger charge is 2.13. The van der Waals surface area contributed by atoms with Crippen LogP contribution in [0.25, 0.3) is 5.95 Å². The minimum atomic E-state index is 0.123. The first-order valence-electron chi connectivity index (χ1n) is 11.0. The molecule has 0 fully saturated rings. The minimum absolute atomic E-state index is 0.123. The van der Waals surface area contributed by atoms with E-state index in [1.807, 2.05) is 29.8 Å². The fourth-order valence-electron chi connectivity index (χ4n) is 3.35. The number of benzene rings is 1. The van der Waals surface area contributed by atoms with E-state index in [1.165, 1.54) is 5.56 Å². The van der Waals surface area contributed by atoms with Crippen LogP contribution in [0.5, 0.6) is 5.75 Å². The number of anilines is 1. The number of hydrogen-bond acceptors (Lipinski definition) is 6. The molecule has 3 aromatic rings. The van der Waals surface area contributed by atoms with E-state index in [2.05, 4.69) is 54.0 Å². The van der Waals surface area contributed by atoms with Gasteiger partial charge in [-0.05, 0) is 49.8 Å². The van der Waals surface area contributed by atoms with Gasteiger partial charge in [-0.2, -0.15) is 4.98 Å². The van der Waals surface area contributed by atoms with Gasteiger partial charge in [0.1, 0.15) is 17.9 Å². The predicted octanol–water partition coefficient (Wildman–Crippen LogP) is 3.97. The molecule has 1 unspecified atom stereocenters. The average molecular weight is 423 g/mol. The summed E-state index contributed by atoms with van der Waals surface area (Å²) in [5.41, 5.74) is 8.70. The summed E-state index contributed by atoms with van der Waals surface area (Å²) in [6, 6.07) is 10.5. The zero-order valence-electron chi connectivity index (χ0n) is 19.0. The molecular formula is C24H34N6O. The summed E-state index contributed by atoms with van der Waals surface area (Å²) in [7, 11) is 2.06. The van der Waals surface area contributed by atoms with Crippen molar-refractivity contribution in [2.24, 2.45) is 5.73 Å². The maximum Gasteiger partial charge on any atom is 0.237 e. The van der Waals surface area contributed by atoms with Gasteiger partial charge in [-0.3, -0.25) is 4.57 Å². The third-order valence-electron chi connectivity index (χ3n) is 5.29. The Bertz CT molecular complexity index is 941. The van der Waals surface area contributed by atoms with Crippen LogP contribution in [0.15, 0.2) is 49.1 Å². The third-order valence-corrected chi connectivity index (χ3v) is 5.29. The van der Waals surface area contributed by atoms with Gasteiger partial charge in [0.15, 0.2) is 0 Å². The molecule has 1 aromatic carbocycles. The zero-order chi connectivity index (χ0) is 22.2. The molecular weight excluding hydrogens is 388 g/mol. The Labute approximate surface area is 185 Å². The second-order valence-corrected chi connectivity index (χ2v) is 8.17. The molecule has 7 heteroatoms. The molecule has 2 aromatic heterocycles. The highest BCUT2D eigenvalue weighted by Crippen LogP contribution is 2.20. The molecule has 166 valence electrons. The molecule has 2 heterocycles. The molecule has 0 saturated heterocycles. The number of nitrogens with two attached hydrogens (primary N) is 1. The highest BCUT2D eigenvalue weighted by atomic mass is 16.5. The summed E-state index contributed by atoms with van der Waals surface area (Å²) in [5.74, 6) is 2.78. The smallest absolute Gasteiger partial charge is 0.237 e. The van der Waals surface area contributed by atoms with Gasteiger partial charge >= 0.3 is 0 Å². The number of hydrogen-bond donors (Lipinski definition) is 1. The van der Waals surface area contributed by atoms with Crippen molar-refractivity contribution >= 4 is 5.82 Å². The number of rotatable bonds is 11. The van der Waals surface area contributed by atoms with Gasteiger partial charge in [0.25, 0.3) is 0 Å². The maximum absolute atomic E-state index is 6.43. The van der Waals surface area contributed by atoms with E-state index in [0.29, 0.717) is 18.5 Å². The van der Waals surface area contributed by atoms with Crippen LogP contribution in [-0.2, 0) is 6.42 Å². The Morgan fingerprint density at radius 2 is 2.00 bits per heavy atom. The number of nitrogens with zero attached hydrogens (tertiary/aromatic N) is 5. The molecule has 0 aliphatic rings. The Morgan fingerprint density at radius 3 is 2.71 bits per heavy atom. The highest BCUT2D eigenvalue weighted by molar-refractivity contribution is 5.42. The van der Waals surface area contributed by atoms with E-state index in [0.717, 1.165) is 43.1 Å². The molecule has 3 rings (SSSR count). The normalized spacial score (nSPS) is 12.2. The molecule has 0 spiro atoms. The number of aromatic nitrogens is 4. The van der Waals surface area contributed by atoms with E-state index in [4.69, 9.17) is 15.5 Å². The monoisotopic (exact) mass is 422 g/mol. The van der Waals surface area contributed by atoms with Crippen molar-refractivity contribution < 1.29 is 4.74 Å². The first kappa shape index (κ1) is 22.7. The first-order chi connectivity index (χ1) is 15.0. The molecule has 7 nitrogen and oxygen atoms in total. The lowest BCUT2D eigenvalue weighted by Crippen LogP contribution is -2.29.